The molecule has 41 N–H and O–H groups in total. The summed E-state index contributed by atoms with van der Waals surface area (Å²) in [5, 5.41) is 451. The minimum atomic E-state index is -2.84. The summed E-state index contributed by atoms with van der Waals surface area (Å²) in [6, 6.07) is -1.94. The van der Waals surface area contributed by atoms with Crippen molar-refractivity contribution in [3.8, 4) is 0 Å². The second-order valence-electron chi connectivity index (χ2n) is 37.3. The van der Waals surface area contributed by atoms with Gasteiger partial charge in [-0.2, -0.15) is 0 Å². The lowest BCUT2D eigenvalue weighted by molar-refractivity contribution is -0.413. The lowest BCUT2D eigenvalue weighted by atomic mass is 9.94. The molecule has 147 heavy (non-hydrogen) atoms. The second-order valence-corrected chi connectivity index (χ2v) is 37.3. The number of hydrogen-bond donors (Lipinski definition) is 41. The lowest BCUT2D eigenvalue weighted by Crippen LogP contribution is -2.69. The van der Waals surface area contributed by atoms with E-state index in [1.807, 2.05) is 0 Å². The van der Waals surface area contributed by atoms with Crippen LogP contribution in [0.4, 0.5) is 0 Å². The highest BCUT2D eigenvalue weighted by Gasteiger charge is 2.64. The van der Waals surface area contributed by atoms with Gasteiger partial charge in [0, 0.05) is 6.92 Å². The Morgan fingerprint density at radius 3 is 0.653 bits per heavy atom. The first-order valence-electron chi connectivity index (χ1n) is 46.7. The van der Waals surface area contributed by atoms with Crippen LogP contribution in [0, 0.1) is 0 Å². The van der Waals surface area contributed by atoms with E-state index >= 15 is 0 Å². The summed E-state index contributed by atoms with van der Waals surface area (Å²) >= 11 is 0. The monoisotopic (exact) mass is 2170 g/mol. The van der Waals surface area contributed by atoms with Crippen molar-refractivity contribution in [3.63, 3.8) is 0 Å². The van der Waals surface area contributed by atoms with Crippen LogP contribution in [0.5, 0.6) is 0 Å². The molecule has 0 unspecified atom stereocenters. The summed E-state index contributed by atoms with van der Waals surface area (Å²) < 4.78 is 147. The van der Waals surface area contributed by atoms with Gasteiger partial charge in [-0.15, -0.1) is 0 Å². The molecule has 67 nitrogen and oxygen atoms in total. The fourth-order valence-electron chi connectivity index (χ4n) is 18.9. The Hall–Kier alpha value is -3.13. The van der Waals surface area contributed by atoms with E-state index < -0.39 is 491 Å². The van der Waals surface area contributed by atoms with Crippen LogP contribution in [0.2, 0.25) is 0 Å². The lowest BCUT2D eigenvalue weighted by Gasteiger charge is -2.51. The molecule has 13 saturated heterocycles. The number of aliphatic hydroxyl groups excluding tert-OH is 40. The Morgan fingerprint density at radius 1 is 0.177 bits per heavy atom. The van der Waals surface area contributed by atoms with Gasteiger partial charge in [0.15, 0.2) is 81.8 Å². The maximum absolute atomic E-state index is 13.1. The van der Waals surface area contributed by atoms with Crippen LogP contribution in [0.1, 0.15) is 6.92 Å². The largest absolute Gasteiger partial charge is 0.394 e. The van der Waals surface area contributed by atoms with Gasteiger partial charge in [-0.3, -0.25) is 4.79 Å². The summed E-state index contributed by atoms with van der Waals surface area (Å²) in [6.07, 6.45) is -146. The third-order valence-corrected chi connectivity index (χ3v) is 27.6. The van der Waals surface area contributed by atoms with Crippen LogP contribution < -0.4 is 5.32 Å². The van der Waals surface area contributed by atoms with E-state index in [-0.39, 0.29) is 0 Å². The summed E-state index contributed by atoms with van der Waals surface area (Å²) in [5.41, 5.74) is 0. The van der Waals surface area contributed by atoms with Crippen molar-refractivity contribution in [2.24, 2.45) is 0 Å². The number of rotatable bonds is 38. The number of ether oxygens (including phenoxy) is 25. The Kier molecular flexibility index (Phi) is 43.2. The van der Waals surface area contributed by atoms with E-state index in [9.17, 15) is 209 Å². The number of carbonyl (C=O) groups is 1. The van der Waals surface area contributed by atoms with Crippen molar-refractivity contribution in [1.82, 2.24) is 5.32 Å². The van der Waals surface area contributed by atoms with Gasteiger partial charge in [0.05, 0.1) is 85.9 Å². The minimum Gasteiger partial charge on any atom is -0.394 e. The van der Waals surface area contributed by atoms with Gasteiger partial charge in [0.1, 0.15) is 317 Å². The molecule has 856 valence electrons. The summed E-state index contributed by atoms with van der Waals surface area (Å²) in [7, 11) is 0. The standard InChI is InChI=1S/C80H135NO66/c1-15(92)81-29-42(105)59(25(11-91)126-68(29)122)139-76-58(121)63(41(104)28(137-76)13-123-69-55(118)62(142-72-53(116)45(108)32(95)18(4-84)129-72)40(103)27(136-69)14-125-77-64(47(110)34(97)20(6-86)133-77)144-73-54(117)46(109)33(96)19(5-85)130-73)143-80-67(147-79-66(49(112)36(99)22(8-88)135-79)146-75-57(120)61(39(102)24(10-90)132-75)141-71-52(115)44(107)31(94)17(3-83)128-71)50(113)37(100)26(138-80)12-124-78-65(48(111)35(98)21(7-87)134-78)145-74-56(119)60(38(101)23(9-89)131-74)140-70-51(114)43(106)30(93)16(2-82)127-70/h16-80,82-91,93-122H,2-14H2,1H3,(H,81,92)/t16-,17-,18-,19-,20-,21-,22-,23-,24-,25-,26-,27-,28-,29-,30-,31-,32-,33-,34-,35-,36-,37-,38-,39-,40-,41-,42-,43+,44+,45+,46+,47+,48+,49+,50+,51+,52+,53+,54+,55+,56+,57+,58+,59-,60+,61+,62+,63+,64+,65+,66+,67+,68-,69+,70-,71-,72-,73-,74-,75-,76+,77+,78+,79-,80-/m1/s1. The third-order valence-electron chi connectivity index (χ3n) is 27.6. The quantitative estimate of drug-likeness (QED) is 0.0273. The molecule has 13 aliphatic rings. The van der Waals surface area contributed by atoms with Gasteiger partial charge in [-0.1, -0.05) is 0 Å². The van der Waals surface area contributed by atoms with Crippen LogP contribution in [0.15, 0.2) is 0 Å². The Bertz CT molecular complexity index is 3930. The highest BCUT2D eigenvalue weighted by molar-refractivity contribution is 5.73. The normalized spacial score (nSPS) is 52.9. The van der Waals surface area contributed by atoms with Crippen LogP contribution in [-0.2, 0) is 123 Å². The molecule has 0 aromatic carbocycles. The predicted molar refractivity (Wildman–Crippen MR) is 439 cm³/mol. The molecule has 13 aliphatic heterocycles. The molecule has 13 fully saturated rings. The number of amides is 1. The maximum atomic E-state index is 13.1. The molecule has 0 aromatic rings. The number of hydrogen-bond acceptors (Lipinski definition) is 66. The Labute approximate surface area is 828 Å². The fraction of sp³-hybridized carbons (Fsp3) is 0.988. The van der Waals surface area contributed by atoms with E-state index in [2.05, 4.69) is 5.32 Å². The van der Waals surface area contributed by atoms with Crippen LogP contribution >= 0.6 is 0 Å². The van der Waals surface area contributed by atoms with Crippen molar-refractivity contribution >= 4 is 5.91 Å². The van der Waals surface area contributed by atoms with Crippen molar-refractivity contribution in [1.29, 1.82) is 0 Å². The second kappa shape index (κ2) is 52.6. The van der Waals surface area contributed by atoms with E-state index in [1.54, 1.807) is 0 Å². The smallest absolute Gasteiger partial charge is 0.217 e. The van der Waals surface area contributed by atoms with Crippen molar-refractivity contribution in [2.45, 2.75) is 406 Å². The first-order chi connectivity index (χ1) is 69.7. The molecule has 0 spiro atoms. The van der Waals surface area contributed by atoms with Gasteiger partial charge in [0.25, 0.3) is 0 Å². The molecule has 13 rings (SSSR count). The molecule has 13 heterocycles. The fourth-order valence-corrected chi connectivity index (χ4v) is 18.9. The topological polar surface area (TPSA) is 1070 Å². The average Bonchev–Trinajstić information content (AvgIpc) is 0.773. The molecular weight excluding hydrogens is 2030 g/mol. The predicted octanol–water partition coefficient (Wildman–Crippen LogP) is -29.2. The first kappa shape index (κ1) is 121. The van der Waals surface area contributed by atoms with Gasteiger partial charge in [-0.05, 0) is 0 Å². The zero-order valence-corrected chi connectivity index (χ0v) is 77.2. The molecule has 0 radical (unpaired) electrons. The van der Waals surface area contributed by atoms with Gasteiger partial charge in [-0.25, -0.2) is 0 Å². The Morgan fingerprint density at radius 2 is 0.361 bits per heavy atom. The number of carbonyl (C=O) groups excluding carboxylic acids is 1. The molecule has 0 bridgehead atoms. The zero-order valence-electron chi connectivity index (χ0n) is 77.2. The van der Waals surface area contributed by atoms with Crippen LogP contribution in [0.25, 0.3) is 0 Å². The molecule has 1 amide bonds. The number of nitrogens with one attached hydrogen (secondary N) is 1. The van der Waals surface area contributed by atoms with Crippen molar-refractivity contribution < 1.29 is 327 Å². The summed E-state index contributed by atoms with van der Waals surface area (Å²) in [5.74, 6) is -0.963. The van der Waals surface area contributed by atoms with Crippen LogP contribution in [-0.4, -0.2) is 695 Å². The minimum absolute atomic E-state index is 0.907. The third kappa shape index (κ3) is 25.7. The maximum Gasteiger partial charge on any atom is 0.217 e. The number of aliphatic hydroxyl groups is 40. The molecule has 67 heteroatoms. The van der Waals surface area contributed by atoms with Crippen LogP contribution in [0.3, 0.4) is 0 Å². The summed E-state index contributed by atoms with van der Waals surface area (Å²) in [4.78, 5) is 12.6. The highest BCUT2D eigenvalue weighted by Crippen LogP contribution is 2.43. The summed E-state index contributed by atoms with van der Waals surface area (Å²) in [6.45, 7) is -14.7. The van der Waals surface area contributed by atoms with Crippen molar-refractivity contribution in [3.05, 3.63) is 0 Å². The van der Waals surface area contributed by atoms with Gasteiger partial charge < -0.3 is 328 Å². The first-order valence-corrected chi connectivity index (χ1v) is 46.7. The van der Waals surface area contributed by atoms with E-state index in [4.69, 9.17) is 118 Å². The molecule has 0 aliphatic carbocycles. The molecule has 0 aromatic heterocycles. The highest BCUT2D eigenvalue weighted by atomic mass is 16.8. The van der Waals surface area contributed by atoms with E-state index in [1.165, 1.54) is 0 Å². The zero-order chi connectivity index (χ0) is 108. The SMILES string of the molecule is CC(=O)N[C@@H]1[C@@H](O)[C@H](O[C@@H]2O[C@H](CO[C@H]3O[C@H](CO[C@H]4O[C@H](CO)[C@@H](O)[C@H](O)[C@@H]4O[C@H]4O[C@H](CO)[C@@H](O)[C@H](O)[C@@H]4O)[C@@H](O)[C@H](O[C@H]4O[C@H](CO)[C@@H](O)[C@H](O)[C@@H]4O)[C@@H]3O)[C@@H](O)[C@H](O[C@H]3O[C@H](CO[C@H]4O[C@H](CO)[C@@H](O)[C@H](O)[C@@H]4O[C@H]4O[C@H](CO)[C@@H](O)[C@H](O[C@H]5O[C@H](CO)[C@@H](O)[C@H](O)[C@@H]5O)[C@@H]4O)[C@@H](O)[C@H](O)[C@@H]3O[C@H]3O[C@H](CO)[C@@H](O)[C@H](O)[C@@H]3O[C@H]3O[C@H](CO)[C@@H](O)[C@H](O[C@H]4O[C@H](CO)[C@@H](O)[C@H](O)[C@@H]4O)[C@@H]3O)[C@@H]2O)[C@@H](CO)O[C@H]1O. The van der Waals surface area contributed by atoms with E-state index in [0.717, 1.165) is 6.92 Å². The average molecular weight is 2170 g/mol. The molecular formula is C80H135NO66. The Balaban J connectivity index is 0.862. The molecule has 0 saturated carbocycles. The molecule has 65 atom stereocenters. The van der Waals surface area contributed by atoms with Gasteiger partial charge >= 0.3 is 0 Å². The van der Waals surface area contributed by atoms with Gasteiger partial charge in [0.2, 0.25) is 5.91 Å². The van der Waals surface area contributed by atoms with Crippen molar-refractivity contribution in [2.75, 3.05) is 85.9 Å². The van der Waals surface area contributed by atoms with E-state index in [0.29, 0.717) is 0 Å².